The van der Waals surface area contributed by atoms with Crippen LogP contribution < -0.4 is 9.47 Å². The summed E-state index contributed by atoms with van der Waals surface area (Å²) in [5.74, 6) is 2.55. The molecule has 0 radical (unpaired) electrons. The van der Waals surface area contributed by atoms with Crippen molar-refractivity contribution in [3.05, 3.63) is 131 Å². The van der Waals surface area contributed by atoms with Crippen LogP contribution in [0.1, 0.15) is 46.9 Å². The Hall–Kier alpha value is -3.60. The summed E-state index contributed by atoms with van der Waals surface area (Å²) in [5, 5.41) is 0. The van der Waals surface area contributed by atoms with Gasteiger partial charge in [0.05, 0.1) is 13.2 Å². The number of hydrogen-bond acceptors (Lipinski definition) is 4. The third kappa shape index (κ3) is 5.19. The minimum atomic E-state index is -0.196. The largest absolute Gasteiger partial charge is 0.491 e. The summed E-state index contributed by atoms with van der Waals surface area (Å²) >= 11 is 0. The van der Waals surface area contributed by atoms with E-state index in [1.165, 1.54) is 22.3 Å². The molecule has 0 spiro atoms. The molecule has 39 heavy (non-hydrogen) atoms. The fourth-order valence-corrected chi connectivity index (χ4v) is 6.39. The summed E-state index contributed by atoms with van der Waals surface area (Å²) in [6.07, 6.45) is 2.60. The van der Waals surface area contributed by atoms with Gasteiger partial charge in [-0.15, -0.1) is 0 Å². The molecule has 2 saturated heterocycles. The molecular formula is C35H34O4. The zero-order valence-corrected chi connectivity index (χ0v) is 22.1. The Balaban J connectivity index is 1.30. The molecule has 3 fully saturated rings. The molecule has 3 aliphatic rings. The van der Waals surface area contributed by atoms with Crippen LogP contribution in [-0.2, 0) is 14.9 Å². The fraction of sp³-hybridized carbons (Fsp3) is 0.314. The summed E-state index contributed by atoms with van der Waals surface area (Å²) in [4.78, 5) is 0. The van der Waals surface area contributed by atoms with Crippen molar-refractivity contribution in [3.63, 3.8) is 0 Å². The Morgan fingerprint density at radius 3 is 1.51 bits per heavy atom. The smallest absolute Gasteiger partial charge is 0.119 e. The van der Waals surface area contributed by atoms with E-state index in [9.17, 15) is 0 Å². The molecule has 4 unspecified atom stereocenters. The number of epoxide rings is 2. The molecule has 2 aliphatic heterocycles. The topological polar surface area (TPSA) is 43.5 Å². The van der Waals surface area contributed by atoms with Crippen molar-refractivity contribution in [1.82, 2.24) is 0 Å². The Morgan fingerprint density at radius 2 is 1.05 bits per heavy atom. The van der Waals surface area contributed by atoms with Gasteiger partial charge in [0.25, 0.3) is 0 Å². The lowest BCUT2D eigenvalue weighted by molar-refractivity contribution is 0.262. The molecule has 0 bridgehead atoms. The number of benzene rings is 4. The van der Waals surface area contributed by atoms with E-state index in [4.69, 9.17) is 18.9 Å². The molecule has 4 atom stereocenters. The van der Waals surface area contributed by atoms with Gasteiger partial charge in [-0.05, 0) is 71.2 Å². The van der Waals surface area contributed by atoms with Crippen LogP contribution in [0.4, 0.5) is 0 Å². The van der Waals surface area contributed by atoms with Gasteiger partial charge in [-0.25, -0.2) is 0 Å². The maximum atomic E-state index is 6.00. The summed E-state index contributed by atoms with van der Waals surface area (Å²) in [6.45, 7) is 2.82. The van der Waals surface area contributed by atoms with Gasteiger partial charge in [-0.1, -0.05) is 84.9 Å². The maximum Gasteiger partial charge on any atom is 0.119 e. The standard InChI is InChI=1S/C35H34O4/c1-3-7-25(8-4-1)27-19-34(26-9-5-2-6-10-26)35(20-27,28-11-15-30(16-12-28)36-21-32-23-38-32)29-13-17-31(18-14-29)37-22-33-24-39-33/h1-18,27,32-34H,19-24H2. The zero-order valence-electron chi connectivity index (χ0n) is 22.1. The highest BCUT2D eigenvalue weighted by Gasteiger charge is 2.50. The third-order valence-electron chi connectivity index (χ3n) is 8.57. The van der Waals surface area contributed by atoms with Crippen LogP contribution >= 0.6 is 0 Å². The molecule has 4 aromatic rings. The zero-order chi connectivity index (χ0) is 26.1. The van der Waals surface area contributed by atoms with E-state index in [0.717, 1.165) is 37.6 Å². The van der Waals surface area contributed by atoms with Crippen molar-refractivity contribution in [2.75, 3.05) is 26.4 Å². The molecular weight excluding hydrogens is 484 g/mol. The van der Waals surface area contributed by atoms with Crippen molar-refractivity contribution in [2.45, 2.75) is 42.3 Å². The lowest BCUT2D eigenvalue weighted by Gasteiger charge is -2.38. The first-order valence-electron chi connectivity index (χ1n) is 14.1. The molecule has 4 nitrogen and oxygen atoms in total. The van der Waals surface area contributed by atoms with E-state index < -0.39 is 0 Å². The Morgan fingerprint density at radius 1 is 0.590 bits per heavy atom. The highest BCUT2D eigenvalue weighted by molar-refractivity contribution is 5.50. The van der Waals surface area contributed by atoms with Crippen molar-refractivity contribution in [2.24, 2.45) is 0 Å². The fourth-order valence-electron chi connectivity index (χ4n) is 6.39. The second-order valence-electron chi connectivity index (χ2n) is 11.1. The molecule has 0 amide bonds. The molecule has 0 N–H and O–H groups in total. The van der Waals surface area contributed by atoms with E-state index in [1.807, 2.05) is 0 Å². The van der Waals surface area contributed by atoms with Crippen LogP contribution in [0.3, 0.4) is 0 Å². The SMILES string of the molecule is c1ccc(C2CC(c3ccccc3)C(c3ccc(OCC4CO4)cc3)(c3ccc(OCC4CO4)cc3)C2)cc1. The Kier molecular flexibility index (Phi) is 6.59. The number of ether oxygens (including phenoxy) is 4. The minimum absolute atomic E-state index is 0.196. The first kappa shape index (κ1) is 24.4. The molecule has 7 rings (SSSR count). The highest BCUT2D eigenvalue weighted by atomic mass is 16.6. The van der Waals surface area contributed by atoms with Crippen molar-refractivity contribution in [1.29, 1.82) is 0 Å². The van der Waals surface area contributed by atoms with E-state index in [2.05, 4.69) is 109 Å². The van der Waals surface area contributed by atoms with E-state index in [-0.39, 0.29) is 17.6 Å². The molecule has 1 saturated carbocycles. The van der Waals surface area contributed by atoms with Gasteiger partial charge >= 0.3 is 0 Å². The number of rotatable bonds is 10. The first-order chi connectivity index (χ1) is 19.3. The highest BCUT2D eigenvalue weighted by Crippen LogP contribution is 2.60. The molecule has 4 heteroatoms. The summed E-state index contributed by atoms with van der Waals surface area (Å²) in [7, 11) is 0. The Labute approximate surface area is 230 Å². The van der Waals surface area contributed by atoms with Gasteiger partial charge in [0.15, 0.2) is 0 Å². The van der Waals surface area contributed by atoms with Crippen LogP contribution in [0.2, 0.25) is 0 Å². The van der Waals surface area contributed by atoms with Crippen molar-refractivity contribution >= 4 is 0 Å². The van der Waals surface area contributed by atoms with Gasteiger partial charge in [0.2, 0.25) is 0 Å². The van der Waals surface area contributed by atoms with Crippen molar-refractivity contribution in [3.8, 4) is 11.5 Å². The summed E-state index contributed by atoms with van der Waals surface area (Å²) in [5.41, 5.74) is 5.25. The van der Waals surface area contributed by atoms with Gasteiger partial charge in [0.1, 0.15) is 36.9 Å². The number of hydrogen-bond donors (Lipinski definition) is 0. The van der Waals surface area contributed by atoms with E-state index in [0.29, 0.717) is 25.0 Å². The second kappa shape index (κ2) is 10.5. The predicted molar refractivity (Wildman–Crippen MR) is 152 cm³/mol. The van der Waals surface area contributed by atoms with Crippen LogP contribution in [0.5, 0.6) is 11.5 Å². The Bertz CT molecular complexity index is 1300. The normalized spacial score (nSPS) is 27.2. The van der Waals surface area contributed by atoms with Gasteiger partial charge in [-0.3, -0.25) is 0 Å². The van der Waals surface area contributed by atoms with Crippen LogP contribution in [-0.4, -0.2) is 38.6 Å². The first-order valence-corrected chi connectivity index (χ1v) is 14.1. The van der Waals surface area contributed by atoms with Crippen LogP contribution in [0.25, 0.3) is 0 Å². The summed E-state index contributed by atoms with van der Waals surface area (Å²) < 4.78 is 22.7. The molecule has 1 aliphatic carbocycles. The molecule has 0 aromatic heterocycles. The van der Waals surface area contributed by atoms with E-state index >= 15 is 0 Å². The molecule has 4 aromatic carbocycles. The predicted octanol–water partition coefficient (Wildman–Crippen LogP) is 6.89. The van der Waals surface area contributed by atoms with Gasteiger partial charge in [-0.2, -0.15) is 0 Å². The van der Waals surface area contributed by atoms with Gasteiger partial charge in [0, 0.05) is 5.41 Å². The lowest BCUT2D eigenvalue weighted by Crippen LogP contribution is -2.31. The second-order valence-corrected chi connectivity index (χ2v) is 11.1. The minimum Gasteiger partial charge on any atom is -0.491 e. The average molecular weight is 519 g/mol. The lowest BCUT2D eigenvalue weighted by atomic mass is 9.65. The third-order valence-corrected chi connectivity index (χ3v) is 8.57. The van der Waals surface area contributed by atoms with E-state index in [1.54, 1.807) is 0 Å². The summed E-state index contributed by atoms with van der Waals surface area (Å²) in [6, 6.07) is 39.7. The maximum absolute atomic E-state index is 6.00. The average Bonchev–Trinajstić information content (AvgIpc) is 3.95. The molecule has 198 valence electrons. The van der Waals surface area contributed by atoms with Crippen LogP contribution in [0, 0.1) is 0 Å². The monoisotopic (exact) mass is 518 g/mol. The van der Waals surface area contributed by atoms with Crippen LogP contribution in [0.15, 0.2) is 109 Å². The quantitative estimate of drug-likeness (QED) is 0.215. The van der Waals surface area contributed by atoms with Crippen molar-refractivity contribution < 1.29 is 18.9 Å². The molecule has 2 heterocycles. The van der Waals surface area contributed by atoms with Gasteiger partial charge < -0.3 is 18.9 Å².